The van der Waals surface area contributed by atoms with Gasteiger partial charge in [0.1, 0.15) is 0 Å². The van der Waals surface area contributed by atoms with Crippen molar-refractivity contribution in [2.24, 2.45) is 11.3 Å². The Labute approximate surface area is 126 Å². The number of rotatable bonds is 4. The van der Waals surface area contributed by atoms with E-state index in [0.29, 0.717) is 11.7 Å². The highest BCUT2D eigenvalue weighted by atomic mass is 16.1. The summed E-state index contributed by atoms with van der Waals surface area (Å²) in [6, 6.07) is 8.01. The quantitative estimate of drug-likeness (QED) is 0.736. The standard InChI is InChI=1S/C19H23NO/c1-14(2)12-19(9-3-4-10-19)18(21)16-7-5-6-15-8-11-20-13-17(15)16/h5-8,11,13-14H,3-4,9-10,12H2,1-2H3. The molecule has 0 aliphatic heterocycles. The Balaban J connectivity index is 2.06. The lowest BCUT2D eigenvalue weighted by Crippen LogP contribution is -2.30. The summed E-state index contributed by atoms with van der Waals surface area (Å²) in [5.74, 6) is 0.896. The van der Waals surface area contributed by atoms with Crippen LogP contribution in [0.5, 0.6) is 0 Å². The second kappa shape index (κ2) is 5.59. The normalized spacial score (nSPS) is 17.5. The summed E-state index contributed by atoms with van der Waals surface area (Å²) in [4.78, 5) is 17.5. The first-order chi connectivity index (χ1) is 10.1. The minimum atomic E-state index is -0.141. The number of carbonyl (C=O) groups excluding carboxylic acids is 1. The fourth-order valence-electron chi connectivity index (χ4n) is 3.95. The number of fused-ring (bicyclic) bond motifs is 1. The van der Waals surface area contributed by atoms with Crippen LogP contribution >= 0.6 is 0 Å². The van der Waals surface area contributed by atoms with Gasteiger partial charge in [0.05, 0.1) is 0 Å². The average molecular weight is 281 g/mol. The number of ketones is 1. The smallest absolute Gasteiger partial charge is 0.169 e. The first kappa shape index (κ1) is 14.2. The summed E-state index contributed by atoms with van der Waals surface area (Å²) in [6.45, 7) is 4.44. The topological polar surface area (TPSA) is 30.0 Å². The van der Waals surface area contributed by atoms with E-state index in [1.165, 1.54) is 12.8 Å². The Bertz CT molecular complexity index is 648. The van der Waals surface area contributed by atoms with Crippen LogP contribution in [0.15, 0.2) is 36.7 Å². The Morgan fingerprint density at radius 3 is 2.71 bits per heavy atom. The molecule has 3 rings (SSSR count). The number of hydrogen-bond acceptors (Lipinski definition) is 2. The molecule has 1 aromatic heterocycles. The zero-order valence-electron chi connectivity index (χ0n) is 12.9. The molecule has 0 bridgehead atoms. The number of carbonyl (C=O) groups is 1. The molecule has 0 spiro atoms. The molecule has 2 aromatic rings. The summed E-state index contributed by atoms with van der Waals surface area (Å²) < 4.78 is 0. The van der Waals surface area contributed by atoms with Crippen LogP contribution in [0, 0.1) is 11.3 Å². The lowest BCUT2D eigenvalue weighted by molar-refractivity contribution is 0.0762. The molecule has 0 saturated heterocycles. The van der Waals surface area contributed by atoms with Gasteiger partial charge in [0.2, 0.25) is 0 Å². The third-order valence-electron chi connectivity index (χ3n) is 4.77. The van der Waals surface area contributed by atoms with Gasteiger partial charge in [-0.1, -0.05) is 44.9 Å². The lowest BCUT2D eigenvalue weighted by atomic mass is 9.72. The first-order valence-corrected chi connectivity index (χ1v) is 8.00. The summed E-state index contributed by atoms with van der Waals surface area (Å²) in [7, 11) is 0. The fourth-order valence-corrected chi connectivity index (χ4v) is 3.95. The zero-order chi connectivity index (χ0) is 14.9. The van der Waals surface area contributed by atoms with E-state index in [-0.39, 0.29) is 5.41 Å². The van der Waals surface area contributed by atoms with Crippen molar-refractivity contribution in [2.45, 2.75) is 46.0 Å². The number of Topliss-reactive ketones (excluding diaryl/α,β-unsaturated/α-hetero) is 1. The molecular formula is C19H23NO. The second-order valence-electron chi connectivity index (χ2n) is 6.82. The van der Waals surface area contributed by atoms with Crippen molar-refractivity contribution < 1.29 is 4.79 Å². The number of aromatic nitrogens is 1. The van der Waals surface area contributed by atoms with Gasteiger partial charge in [-0.15, -0.1) is 0 Å². The molecule has 21 heavy (non-hydrogen) atoms. The molecule has 1 aliphatic carbocycles. The van der Waals surface area contributed by atoms with E-state index in [9.17, 15) is 4.79 Å². The van der Waals surface area contributed by atoms with Gasteiger partial charge < -0.3 is 0 Å². The molecule has 0 atom stereocenters. The predicted octanol–water partition coefficient (Wildman–Crippen LogP) is 5.02. The molecule has 2 nitrogen and oxygen atoms in total. The van der Waals surface area contributed by atoms with E-state index < -0.39 is 0 Å². The molecule has 1 aromatic carbocycles. The van der Waals surface area contributed by atoms with E-state index >= 15 is 0 Å². The van der Waals surface area contributed by atoms with Crippen LogP contribution in [0.4, 0.5) is 0 Å². The molecule has 1 heterocycles. The molecule has 1 aliphatic rings. The zero-order valence-corrected chi connectivity index (χ0v) is 12.9. The van der Waals surface area contributed by atoms with Crippen LogP contribution in [0.25, 0.3) is 10.8 Å². The SMILES string of the molecule is CC(C)CC1(C(=O)c2cccc3ccncc23)CCCC1. The minimum absolute atomic E-state index is 0.141. The van der Waals surface area contributed by atoms with Crippen molar-refractivity contribution in [1.29, 1.82) is 0 Å². The Morgan fingerprint density at radius 1 is 1.24 bits per heavy atom. The second-order valence-corrected chi connectivity index (χ2v) is 6.82. The van der Waals surface area contributed by atoms with Gasteiger partial charge >= 0.3 is 0 Å². The number of pyridine rings is 1. The van der Waals surface area contributed by atoms with Gasteiger partial charge in [-0.05, 0) is 36.6 Å². The van der Waals surface area contributed by atoms with Crippen LogP contribution in [0.1, 0.15) is 56.3 Å². The maximum absolute atomic E-state index is 13.3. The summed E-state index contributed by atoms with van der Waals surface area (Å²) in [5.41, 5.74) is 0.723. The van der Waals surface area contributed by atoms with E-state index in [0.717, 1.165) is 35.6 Å². The molecule has 0 N–H and O–H groups in total. The molecule has 0 amide bonds. The van der Waals surface area contributed by atoms with Crippen molar-refractivity contribution in [3.8, 4) is 0 Å². The number of nitrogens with zero attached hydrogens (tertiary/aromatic N) is 1. The van der Waals surface area contributed by atoms with Crippen molar-refractivity contribution >= 4 is 16.6 Å². The monoisotopic (exact) mass is 281 g/mol. The highest BCUT2D eigenvalue weighted by Crippen LogP contribution is 2.46. The van der Waals surface area contributed by atoms with Gasteiger partial charge in [0.25, 0.3) is 0 Å². The van der Waals surface area contributed by atoms with Crippen LogP contribution in [-0.2, 0) is 0 Å². The Morgan fingerprint density at radius 2 is 2.00 bits per heavy atom. The highest BCUT2D eigenvalue weighted by molar-refractivity contribution is 6.10. The van der Waals surface area contributed by atoms with Crippen molar-refractivity contribution in [1.82, 2.24) is 4.98 Å². The molecular weight excluding hydrogens is 258 g/mol. The molecule has 2 heteroatoms. The van der Waals surface area contributed by atoms with Gasteiger partial charge in [0, 0.05) is 28.8 Å². The van der Waals surface area contributed by atoms with Crippen molar-refractivity contribution in [2.75, 3.05) is 0 Å². The minimum Gasteiger partial charge on any atom is -0.294 e. The van der Waals surface area contributed by atoms with Gasteiger partial charge in [-0.3, -0.25) is 9.78 Å². The maximum atomic E-state index is 13.3. The molecule has 0 radical (unpaired) electrons. The van der Waals surface area contributed by atoms with E-state index in [2.05, 4.69) is 24.9 Å². The number of hydrogen-bond donors (Lipinski definition) is 0. The molecule has 1 fully saturated rings. The molecule has 0 unspecified atom stereocenters. The third-order valence-corrected chi connectivity index (χ3v) is 4.77. The lowest BCUT2D eigenvalue weighted by Gasteiger charge is -2.29. The first-order valence-electron chi connectivity index (χ1n) is 8.00. The van der Waals surface area contributed by atoms with Crippen molar-refractivity contribution in [3.63, 3.8) is 0 Å². The largest absolute Gasteiger partial charge is 0.294 e. The predicted molar refractivity (Wildman–Crippen MR) is 86.4 cm³/mol. The van der Waals surface area contributed by atoms with Crippen LogP contribution in [-0.4, -0.2) is 10.8 Å². The number of benzene rings is 1. The van der Waals surface area contributed by atoms with E-state index in [4.69, 9.17) is 0 Å². The van der Waals surface area contributed by atoms with Gasteiger partial charge in [-0.25, -0.2) is 0 Å². The van der Waals surface area contributed by atoms with Crippen LogP contribution in [0.3, 0.4) is 0 Å². The van der Waals surface area contributed by atoms with Crippen molar-refractivity contribution in [3.05, 3.63) is 42.2 Å². The van der Waals surface area contributed by atoms with Gasteiger partial charge in [0.15, 0.2) is 5.78 Å². The van der Waals surface area contributed by atoms with Crippen LogP contribution in [0.2, 0.25) is 0 Å². The third kappa shape index (κ3) is 2.59. The average Bonchev–Trinajstić information content (AvgIpc) is 2.95. The Kier molecular flexibility index (Phi) is 3.79. The van der Waals surface area contributed by atoms with Gasteiger partial charge in [-0.2, -0.15) is 0 Å². The van der Waals surface area contributed by atoms with E-state index in [1.54, 1.807) is 6.20 Å². The maximum Gasteiger partial charge on any atom is 0.169 e. The summed E-state index contributed by atoms with van der Waals surface area (Å²) >= 11 is 0. The van der Waals surface area contributed by atoms with E-state index in [1.807, 2.05) is 24.4 Å². The van der Waals surface area contributed by atoms with Crippen LogP contribution < -0.4 is 0 Å². The summed E-state index contributed by atoms with van der Waals surface area (Å²) in [5, 5.41) is 2.11. The molecule has 110 valence electrons. The highest BCUT2D eigenvalue weighted by Gasteiger charge is 2.41. The Hall–Kier alpha value is -1.70. The fraction of sp³-hybridized carbons (Fsp3) is 0.474. The summed E-state index contributed by atoms with van der Waals surface area (Å²) in [6.07, 6.45) is 9.07. The molecule has 1 saturated carbocycles.